The third-order valence-corrected chi connectivity index (χ3v) is 6.13. The molecule has 1 fully saturated rings. The van der Waals surface area contributed by atoms with Gasteiger partial charge in [-0.15, -0.1) is 0 Å². The summed E-state index contributed by atoms with van der Waals surface area (Å²) in [7, 11) is -3.82. The van der Waals surface area contributed by atoms with Gasteiger partial charge in [0, 0.05) is 31.3 Å². The summed E-state index contributed by atoms with van der Waals surface area (Å²) in [5, 5.41) is 23.7. The molecule has 1 aromatic carbocycles. The molecule has 0 amide bonds. The van der Waals surface area contributed by atoms with Crippen molar-refractivity contribution in [2.75, 3.05) is 25.0 Å². The lowest BCUT2D eigenvalue weighted by molar-refractivity contribution is -0.385. The van der Waals surface area contributed by atoms with E-state index in [0.29, 0.717) is 25.4 Å². The van der Waals surface area contributed by atoms with E-state index in [2.05, 4.69) is 5.32 Å². The predicted octanol–water partition coefficient (Wildman–Crippen LogP) is 2.20. The molecule has 0 aromatic heterocycles. The molecule has 1 aliphatic heterocycles. The molecule has 1 atom stereocenters. The average molecular weight is 371 g/mol. The molecule has 1 saturated heterocycles. The summed E-state index contributed by atoms with van der Waals surface area (Å²) in [5.41, 5.74) is 0.0185. The summed E-state index contributed by atoms with van der Waals surface area (Å²) in [6.45, 7) is 4.68. The first-order chi connectivity index (χ1) is 11.8. The van der Waals surface area contributed by atoms with Crippen LogP contribution in [0.4, 0.5) is 11.4 Å². The van der Waals surface area contributed by atoms with E-state index >= 15 is 0 Å². The van der Waals surface area contributed by atoms with E-state index in [1.165, 1.54) is 16.4 Å². The van der Waals surface area contributed by atoms with Gasteiger partial charge in [0.05, 0.1) is 17.2 Å². The van der Waals surface area contributed by atoms with Gasteiger partial charge in [0.2, 0.25) is 10.0 Å². The highest BCUT2D eigenvalue weighted by molar-refractivity contribution is 7.89. The second kappa shape index (κ2) is 8.11. The van der Waals surface area contributed by atoms with Gasteiger partial charge in [-0.2, -0.15) is 4.31 Å². The van der Waals surface area contributed by atoms with Crippen LogP contribution in [-0.4, -0.2) is 48.5 Å². The number of sulfonamides is 1. The van der Waals surface area contributed by atoms with Gasteiger partial charge >= 0.3 is 0 Å². The SMILES string of the molecule is CC(C)CC(CO)Nc1ccc([N+](=O)[O-])cc1S(=O)(=O)N1CCCC1. The summed E-state index contributed by atoms with van der Waals surface area (Å²) in [5.74, 6) is 0.307. The minimum atomic E-state index is -3.82. The maximum Gasteiger partial charge on any atom is 0.270 e. The molecule has 25 heavy (non-hydrogen) atoms. The van der Waals surface area contributed by atoms with Crippen molar-refractivity contribution in [1.29, 1.82) is 0 Å². The molecule has 8 nitrogen and oxygen atoms in total. The number of benzene rings is 1. The molecule has 0 aliphatic carbocycles. The van der Waals surface area contributed by atoms with Gasteiger partial charge in [-0.25, -0.2) is 8.42 Å². The molecule has 140 valence electrons. The van der Waals surface area contributed by atoms with Crippen LogP contribution in [0.5, 0.6) is 0 Å². The van der Waals surface area contributed by atoms with E-state index in [4.69, 9.17) is 0 Å². The zero-order valence-corrected chi connectivity index (χ0v) is 15.3. The molecule has 0 spiro atoms. The van der Waals surface area contributed by atoms with Crippen LogP contribution in [0.1, 0.15) is 33.1 Å². The van der Waals surface area contributed by atoms with Gasteiger partial charge in [0.1, 0.15) is 4.90 Å². The van der Waals surface area contributed by atoms with Gasteiger partial charge in [0.15, 0.2) is 0 Å². The van der Waals surface area contributed by atoms with Gasteiger partial charge in [-0.05, 0) is 31.2 Å². The van der Waals surface area contributed by atoms with Crippen LogP contribution in [0.15, 0.2) is 23.1 Å². The van der Waals surface area contributed by atoms with E-state index in [1.54, 1.807) is 0 Å². The molecule has 2 N–H and O–H groups in total. The normalized spacial score (nSPS) is 17.0. The molecule has 1 unspecified atom stereocenters. The summed E-state index contributed by atoms with van der Waals surface area (Å²) in [6.07, 6.45) is 2.21. The minimum Gasteiger partial charge on any atom is -0.394 e. The van der Waals surface area contributed by atoms with E-state index in [0.717, 1.165) is 18.9 Å². The smallest absolute Gasteiger partial charge is 0.270 e. The monoisotopic (exact) mass is 371 g/mol. The fraction of sp³-hybridized carbons (Fsp3) is 0.625. The predicted molar refractivity (Wildman–Crippen MR) is 95.0 cm³/mol. The molecular weight excluding hydrogens is 346 g/mol. The molecule has 9 heteroatoms. The molecular formula is C16H25N3O5S. The second-order valence-electron chi connectivity index (χ2n) is 6.70. The van der Waals surface area contributed by atoms with Crippen molar-refractivity contribution in [2.45, 2.75) is 44.0 Å². The number of nitro benzene ring substituents is 1. The third kappa shape index (κ3) is 4.68. The van der Waals surface area contributed by atoms with Crippen molar-refractivity contribution < 1.29 is 18.4 Å². The Kier molecular flexibility index (Phi) is 6.36. The lowest BCUT2D eigenvalue weighted by Crippen LogP contribution is -2.31. The van der Waals surface area contributed by atoms with Gasteiger partial charge < -0.3 is 10.4 Å². The Labute approximate surface area is 148 Å². The Balaban J connectivity index is 2.43. The second-order valence-corrected chi connectivity index (χ2v) is 8.61. The third-order valence-electron chi connectivity index (χ3n) is 4.19. The number of hydrogen-bond donors (Lipinski definition) is 2. The lowest BCUT2D eigenvalue weighted by atomic mass is 10.0. The number of hydrogen-bond acceptors (Lipinski definition) is 6. The molecule has 0 bridgehead atoms. The molecule has 1 aromatic rings. The number of nitrogens with zero attached hydrogens (tertiary/aromatic N) is 2. The molecule has 1 heterocycles. The highest BCUT2D eigenvalue weighted by atomic mass is 32.2. The molecule has 0 radical (unpaired) electrons. The van der Waals surface area contributed by atoms with Crippen molar-refractivity contribution in [3.8, 4) is 0 Å². The number of nitro groups is 1. The minimum absolute atomic E-state index is 0.106. The van der Waals surface area contributed by atoms with Crippen LogP contribution in [0.3, 0.4) is 0 Å². The standard InChI is InChI=1S/C16H25N3O5S/c1-12(2)9-13(11-20)17-15-6-5-14(19(21)22)10-16(15)25(23,24)18-7-3-4-8-18/h5-6,10,12-13,17,20H,3-4,7-9,11H2,1-2H3. The van der Waals surface area contributed by atoms with Crippen LogP contribution >= 0.6 is 0 Å². The number of non-ortho nitro benzene ring substituents is 1. The summed E-state index contributed by atoms with van der Waals surface area (Å²) in [6, 6.07) is 3.45. The Bertz CT molecular complexity index is 714. The topological polar surface area (TPSA) is 113 Å². The van der Waals surface area contributed by atoms with Gasteiger partial charge in [-0.1, -0.05) is 13.8 Å². The van der Waals surface area contributed by atoms with Crippen molar-refractivity contribution >= 4 is 21.4 Å². The van der Waals surface area contributed by atoms with E-state index < -0.39 is 14.9 Å². The van der Waals surface area contributed by atoms with Crippen LogP contribution in [0.25, 0.3) is 0 Å². The van der Waals surface area contributed by atoms with Crippen LogP contribution in [0, 0.1) is 16.0 Å². The Morgan fingerprint density at radius 1 is 1.32 bits per heavy atom. The van der Waals surface area contributed by atoms with Gasteiger partial charge in [-0.3, -0.25) is 10.1 Å². The fourth-order valence-electron chi connectivity index (χ4n) is 2.99. The zero-order valence-electron chi connectivity index (χ0n) is 14.5. The highest BCUT2D eigenvalue weighted by Gasteiger charge is 2.31. The van der Waals surface area contributed by atoms with E-state index in [1.807, 2.05) is 13.8 Å². The van der Waals surface area contributed by atoms with Crippen molar-refractivity contribution in [3.63, 3.8) is 0 Å². The number of aliphatic hydroxyl groups is 1. The van der Waals surface area contributed by atoms with E-state index in [-0.39, 0.29) is 28.9 Å². The van der Waals surface area contributed by atoms with Crippen molar-refractivity contribution in [2.24, 2.45) is 5.92 Å². The number of aliphatic hydroxyl groups excluding tert-OH is 1. The fourth-order valence-corrected chi connectivity index (χ4v) is 4.68. The number of anilines is 1. The molecule has 2 rings (SSSR count). The first-order valence-electron chi connectivity index (χ1n) is 8.41. The van der Waals surface area contributed by atoms with Gasteiger partial charge in [0.25, 0.3) is 5.69 Å². The Morgan fingerprint density at radius 2 is 1.96 bits per heavy atom. The molecule has 1 aliphatic rings. The van der Waals surface area contributed by atoms with Crippen molar-refractivity contribution in [1.82, 2.24) is 4.31 Å². The van der Waals surface area contributed by atoms with Crippen molar-refractivity contribution in [3.05, 3.63) is 28.3 Å². The number of rotatable bonds is 8. The molecule has 0 saturated carbocycles. The maximum absolute atomic E-state index is 12.9. The van der Waals surface area contributed by atoms with Crippen LogP contribution in [-0.2, 0) is 10.0 Å². The first kappa shape index (κ1) is 19.6. The largest absolute Gasteiger partial charge is 0.394 e. The zero-order chi connectivity index (χ0) is 18.6. The lowest BCUT2D eigenvalue weighted by Gasteiger charge is -2.23. The Hall–Kier alpha value is -1.71. The summed E-state index contributed by atoms with van der Waals surface area (Å²) >= 11 is 0. The average Bonchev–Trinajstić information content (AvgIpc) is 3.09. The Morgan fingerprint density at radius 3 is 2.48 bits per heavy atom. The van der Waals surface area contributed by atoms with Crippen LogP contribution in [0.2, 0.25) is 0 Å². The highest BCUT2D eigenvalue weighted by Crippen LogP contribution is 2.31. The number of nitrogens with one attached hydrogen (secondary N) is 1. The van der Waals surface area contributed by atoms with Crippen LogP contribution < -0.4 is 5.32 Å². The quantitative estimate of drug-likeness (QED) is 0.535. The first-order valence-corrected chi connectivity index (χ1v) is 9.85. The summed E-state index contributed by atoms with van der Waals surface area (Å²) in [4.78, 5) is 10.4. The maximum atomic E-state index is 12.9. The summed E-state index contributed by atoms with van der Waals surface area (Å²) < 4.78 is 27.2. The van der Waals surface area contributed by atoms with E-state index in [9.17, 15) is 23.6 Å².